The number of aliphatic carboxylic acids is 2. The summed E-state index contributed by atoms with van der Waals surface area (Å²) in [7, 11) is 0. The third-order valence-corrected chi connectivity index (χ3v) is 3.24. The van der Waals surface area contributed by atoms with Crippen molar-refractivity contribution in [1.82, 2.24) is 0 Å². The third kappa shape index (κ3) is 1.74. The highest BCUT2D eigenvalue weighted by atomic mass is 16.4. The van der Waals surface area contributed by atoms with E-state index in [2.05, 4.69) is 0 Å². The van der Waals surface area contributed by atoms with E-state index < -0.39 is 29.3 Å². The molecule has 0 aromatic heterocycles. The van der Waals surface area contributed by atoms with Crippen molar-refractivity contribution >= 4 is 11.9 Å². The molecule has 3 atom stereocenters. The molecular formula is C11H15NO4. The lowest BCUT2D eigenvalue weighted by Crippen LogP contribution is -2.49. The molecule has 0 aliphatic heterocycles. The number of hydrogen-bond donors (Lipinski definition) is 3. The van der Waals surface area contributed by atoms with Crippen molar-refractivity contribution in [3.63, 3.8) is 0 Å². The Kier molecular flexibility index (Phi) is 3.19. The van der Waals surface area contributed by atoms with Crippen LogP contribution in [0.1, 0.15) is 13.8 Å². The maximum absolute atomic E-state index is 11.1. The van der Waals surface area contributed by atoms with Crippen molar-refractivity contribution in [2.45, 2.75) is 19.9 Å². The molecule has 4 N–H and O–H groups in total. The summed E-state index contributed by atoms with van der Waals surface area (Å²) in [6.07, 6.45) is 4.33. The van der Waals surface area contributed by atoms with Crippen LogP contribution in [0, 0.1) is 11.3 Å². The van der Waals surface area contributed by atoms with Gasteiger partial charge in [0.15, 0.2) is 0 Å². The molecule has 0 amide bonds. The fraction of sp³-hybridized carbons (Fsp3) is 0.455. The van der Waals surface area contributed by atoms with Gasteiger partial charge in [0.2, 0.25) is 0 Å². The Morgan fingerprint density at radius 1 is 1.50 bits per heavy atom. The second-order valence-electron chi connectivity index (χ2n) is 4.16. The van der Waals surface area contributed by atoms with E-state index in [9.17, 15) is 9.59 Å². The molecule has 0 fully saturated rings. The van der Waals surface area contributed by atoms with E-state index in [4.69, 9.17) is 15.9 Å². The van der Waals surface area contributed by atoms with E-state index in [0.717, 1.165) is 0 Å². The normalized spacial score (nSPS) is 30.7. The van der Waals surface area contributed by atoms with E-state index in [1.807, 2.05) is 0 Å². The minimum absolute atomic E-state index is 0.0393. The summed E-state index contributed by atoms with van der Waals surface area (Å²) >= 11 is 0. The molecule has 0 spiro atoms. The first-order valence-corrected chi connectivity index (χ1v) is 4.92. The van der Waals surface area contributed by atoms with Gasteiger partial charge in [-0.1, -0.05) is 25.2 Å². The summed E-state index contributed by atoms with van der Waals surface area (Å²) in [6, 6.07) is -0.569. The van der Waals surface area contributed by atoms with Gasteiger partial charge in [-0.2, -0.15) is 0 Å². The maximum Gasteiger partial charge on any atom is 0.332 e. The van der Waals surface area contributed by atoms with Gasteiger partial charge >= 0.3 is 11.9 Å². The number of carbonyl (C=O) groups is 2. The predicted octanol–water partition coefficient (Wildman–Crippen LogP) is 0.621. The van der Waals surface area contributed by atoms with Gasteiger partial charge in [0.05, 0.1) is 5.92 Å². The van der Waals surface area contributed by atoms with Crippen LogP contribution in [0.15, 0.2) is 23.8 Å². The number of hydrogen-bond acceptors (Lipinski definition) is 3. The van der Waals surface area contributed by atoms with E-state index in [-0.39, 0.29) is 5.57 Å². The van der Waals surface area contributed by atoms with Crippen molar-refractivity contribution < 1.29 is 19.8 Å². The van der Waals surface area contributed by atoms with Gasteiger partial charge in [0.1, 0.15) is 0 Å². The molecule has 1 rings (SSSR count). The molecule has 88 valence electrons. The average molecular weight is 225 g/mol. The molecule has 0 aromatic rings. The number of rotatable bonds is 3. The fourth-order valence-corrected chi connectivity index (χ4v) is 1.98. The van der Waals surface area contributed by atoms with Crippen LogP contribution >= 0.6 is 0 Å². The van der Waals surface area contributed by atoms with Gasteiger partial charge < -0.3 is 15.9 Å². The molecule has 0 aromatic carbocycles. The van der Waals surface area contributed by atoms with Crippen LogP contribution in [0.4, 0.5) is 0 Å². The van der Waals surface area contributed by atoms with Crippen LogP contribution in [0.25, 0.3) is 0 Å². The van der Waals surface area contributed by atoms with Crippen LogP contribution in [0.2, 0.25) is 0 Å². The number of carboxylic acids is 2. The zero-order chi connectivity index (χ0) is 12.5. The van der Waals surface area contributed by atoms with Crippen molar-refractivity contribution in [3.05, 3.63) is 23.8 Å². The van der Waals surface area contributed by atoms with Crippen molar-refractivity contribution in [1.29, 1.82) is 0 Å². The average Bonchev–Trinajstić information content (AvgIpc) is 2.16. The van der Waals surface area contributed by atoms with Gasteiger partial charge in [-0.3, -0.25) is 4.79 Å². The highest BCUT2D eigenvalue weighted by Gasteiger charge is 2.47. The highest BCUT2D eigenvalue weighted by molar-refractivity contribution is 5.91. The smallest absolute Gasteiger partial charge is 0.332 e. The molecule has 3 unspecified atom stereocenters. The monoisotopic (exact) mass is 225 g/mol. The molecule has 5 heteroatoms. The van der Waals surface area contributed by atoms with Crippen LogP contribution in [0.3, 0.4) is 0 Å². The summed E-state index contributed by atoms with van der Waals surface area (Å²) in [4.78, 5) is 22.2. The lowest BCUT2D eigenvalue weighted by molar-refractivity contribution is -0.144. The molecule has 0 saturated heterocycles. The second kappa shape index (κ2) is 4.09. The molecular weight excluding hydrogens is 210 g/mol. The molecule has 0 bridgehead atoms. The van der Waals surface area contributed by atoms with Crippen LogP contribution in [0.5, 0.6) is 0 Å². The summed E-state index contributed by atoms with van der Waals surface area (Å²) in [6.45, 7) is 3.19. The molecule has 0 heterocycles. The quantitative estimate of drug-likeness (QED) is 0.653. The van der Waals surface area contributed by atoms with E-state index in [1.165, 1.54) is 18.2 Å². The Hall–Kier alpha value is -1.62. The summed E-state index contributed by atoms with van der Waals surface area (Å²) in [5.41, 5.74) is 4.70. The van der Waals surface area contributed by atoms with Gasteiger partial charge in [0, 0.05) is 17.0 Å². The first-order valence-electron chi connectivity index (χ1n) is 4.92. The number of allylic oxidation sites excluding steroid dienone is 2. The lowest BCUT2D eigenvalue weighted by atomic mass is 9.65. The molecule has 5 nitrogen and oxygen atoms in total. The van der Waals surface area contributed by atoms with Gasteiger partial charge in [-0.15, -0.1) is 0 Å². The van der Waals surface area contributed by atoms with E-state index in [0.29, 0.717) is 0 Å². The first kappa shape index (κ1) is 12.4. The van der Waals surface area contributed by atoms with Crippen LogP contribution in [-0.4, -0.2) is 28.2 Å². The standard InChI is InChI=1S/C11H15NO4/c1-6(12)11(2)7(9(13)14)4-3-5-8(11)10(15)16/h3-7H,12H2,1-2H3,(H,13,14)(H,15,16). The molecule has 16 heavy (non-hydrogen) atoms. The Morgan fingerprint density at radius 3 is 2.44 bits per heavy atom. The minimum Gasteiger partial charge on any atom is -0.481 e. The summed E-state index contributed by atoms with van der Waals surface area (Å²) in [5.74, 6) is -3.11. The van der Waals surface area contributed by atoms with Gasteiger partial charge in [-0.05, 0) is 6.92 Å². The van der Waals surface area contributed by atoms with Gasteiger partial charge in [0.25, 0.3) is 0 Å². The molecule has 1 aliphatic carbocycles. The fourth-order valence-electron chi connectivity index (χ4n) is 1.98. The van der Waals surface area contributed by atoms with Crippen molar-refractivity contribution in [3.8, 4) is 0 Å². The van der Waals surface area contributed by atoms with E-state index in [1.54, 1.807) is 13.8 Å². The second-order valence-corrected chi connectivity index (χ2v) is 4.16. The number of carboxylic acid groups (broad SMARTS) is 2. The summed E-state index contributed by atoms with van der Waals surface area (Å²) in [5, 5.41) is 18.2. The zero-order valence-electron chi connectivity index (χ0n) is 9.18. The van der Waals surface area contributed by atoms with Crippen LogP contribution in [-0.2, 0) is 9.59 Å². The largest absolute Gasteiger partial charge is 0.481 e. The summed E-state index contributed by atoms with van der Waals surface area (Å²) < 4.78 is 0. The molecule has 0 saturated carbocycles. The first-order chi connectivity index (χ1) is 7.31. The third-order valence-electron chi connectivity index (χ3n) is 3.24. The van der Waals surface area contributed by atoms with Gasteiger partial charge in [-0.25, -0.2) is 4.79 Å². The highest BCUT2D eigenvalue weighted by Crippen LogP contribution is 2.41. The SMILES string of the molecule is CC(N)C1(C)C(C(=O)O)=CC=CC1C(=O)O. The topological polar surface area (TPSA) is 101 Å². The zero-order valence-corrected chi connectivity index (χ0v) is 9.18. The number of nitrogens with two attached hydrogens (primary N) is 1. The molecule has 1 aliphatic rings. The van der Waals surface area contributed by atoms with E-state index >= 15 is 0 Å². The Bertz CT molecular complexity index is 383. The Morgan fingerprint density at radius 2 is 2.06 bits per heavy atom. The Balaban J connectivity index is 3.30. The van der Waals surface area contributed by atoms with Crippen molar-refractivity contribution in [2.24, 2.45) is 17.1 Å². The predicted molar refractivity (Wildman–Crippen MR) is 57.7 cm³/mol. The van der Waals surface area contributed by atoms with Crippen molar-refractivity contribution in [2.75, 3.05) is 0 Å². The maximum atomic E-state index is 11.1. The lowest BCUT2D eigenvalue weighted by Gasteiger charge is -2.39. The minimum atomic E-state index is -1.13. The van der Waals surface area contributed by atoms with Crippen LogP contribution < -0.4 is 5.73 Å². The Labute approximate surface area is 93.3 Å². The molecule has 0 radical (unpaired) electrons.